The minimum atomic E-state index is 0.0308. The van der Waals surface area contributed by atoms with Gasteiger partial charge in [-0.15, -0.1) is 11.8 Å². The third kappa shape index (κ3) is 2.40. The monoisotopic (exact) mass is 272 g/mol. The highest BCUT2D eigenvalue weighted by atomic mass is 32.2. The van der Waals surface area contributed by atoms with Crippen LogP contribution in [0.25, 0.3) is 0 Å². The van der Waals surface area contributed by atoms with E-state index in [1.807, 2.05) is 18.7 Å². The first-order chi connectivity index (χ1) is 9.13. The van der Waals surface area contributed by atoms with Gasteiger partial charge in [0.15, 0.2) is 0 Å². The Morgan fingerprint density at radius 2 is 2.21 bits per heavy atom. The molecular weight excluding hydrogens is 256 g/mol. The van der Waals surface area contributed by atoms with E-state index in [0.29, 0.717) is 17.5 Å². The van der Waals surface area contributed by atoms with E-state index < -0.39 is 0 Å². The van der Waals surface area contributed by atoms with Gasteiger partial charge in [-0.2, -0.15) is 0 Å². The average molecular weight is 272 g/mol. The standard InChI is InChI=1S/C15H16N2OS/c1-10-6-15(18)17(9-13(10)16)8-12-7-11-4-2-3-5-14(11)19-12/h2-6,9,12H,7-8,16H2,1H3. The fourth-order valence-corrected chi connectivity index (χ4v) is 3.72. The number of nitrogens with two attached hydrogens (primary N) is 1. The number of rotatable bonds is 2. The number of aromatic nitrogens is 1. The minimum absolute atomic E-state index is 0.0308. The Morgan fingerprint density at radius 3 is 3.00 bits per heavy atom. The quantitative estimate of drug-likeness (QED) is 0.913. The van der Waals surface area contributed by atoms with E-state index in [2.05, 4.69) is 24.3 Å². The molecule has 0 bridgehead atoms. The van der Waals surface area contributed by atoms with E-state index in [4.69, 9.17) is 5.73 Å². The second-order valence-electron chi connectivity index (χ2n) is 4.95. The molecular formula is C15H16N2OS. The van der Waals surface area contributed by atoms with Crippen LogP contribution >= 0.6 is 11.8 Å². The highest BCUT2D eigenvalue weighted by Crippen LogP contribution is 2.37. The fourth-order valence-electron chi connectivity index (χ4n) is 2.40. The first-order valence-electron chi connectivity index (χ1n) is 6.34. The number of hydrogen-bond acceptors (Lipinski definition) is 3. The summed E-state index contributed by atoms with van der Waals surface area (Å²) in [7, 11) is 0. The van der Waals surface area contributed by atoms with Gasteiger partial charge in [0, 0.05) is 29.0 Å². The van der Waals surface area contributed by atoms with Crippen LogP contribution in [0.2, 0.25) is 0 Å². The molecule has 2 N–H and O–H groups in total. The van der Waals surface area contributed by atoms with Crippen LogP contribution in [0.15, 0.2) is 46.2 Å². The molecule has 0 radical (unpaired) electrons. The van der Waals surface area contributed by atoms with Crippen LogP contribution in [-0.4, -0.2) is 9.82 Å². The largest absolute Gasteiger partial charge is 0.397 e. The predicted molar refractivity (Wildman–Crippen MR) is 79.6 cm³/mol. The van der Waals surface area contributed by atoms with Gasteiger partial charge in [-0.1, -0.05) is 18.2 Å². The highest BCUT2D eigenvalue weighted by Gasteiger charge is 2.22. The number of hydrogen-bond donors (Lipinski definition) is 1. The van der Waals surface area contributed by atoms with Crippen molar-refractivity contribution in [2.24, 2.45) is 0 Å². The Bertz CT molecular complexity index is 653. The van der Waals surface area contributed by atoms with Gasteiger partial charge in [-0.25, -0.2) is 0 Å². The number of anilines is 1. The Labute approximate surface area is 116 Å². The van der Waals surface area contributed by atoms with Crippen molar-refractivity contribution in [3.63, 3.8) is 0 Å². The second kappa shape index (κ2) is 4.78. The molecule has 0 aliphatic carbocycles. The molecule has 3 rings (SSSR count). The van der Waals surface area contributed by atoms with Crippen LogP contribution in [0.3, 0.4) is 0 Å². The van der Waals surface area contributed by atoms with Crippen molar-refractivity contribution in [3.05, 3.63) is 58.0 Å². The van der Waals surface area contributed by atoms with Crippen LogP contribution in [-0.2, 0) is 13.0 Å². The van der Waals surface area contributed by atoms with Crippen molar-refractivity contribution < 1.29 is 0 Å². The number of benzene rings is 1. The van der Waals surface area contributed by atoms with Gasteiger partial charge in [-0.3, -0.25) is 4.79 Å². The Hall–Kier alpha value is -1.68. The topological polar surface area (TPSA) is 48.0 Å². The van der Waals surface area contributed by atoms with Crippen molar-refractivity contribution in [2.45, 2.75) is 30.0 Å². The van der Waals surface area contributed by atoms with Gasteiger partial charge >= 0.3 is 0 Å². The zero-order valence-electron chi connectivity index (χ0n) is 10.8. The first kappa shape index (κ1) is 12.4. The lowest BCUT2D eigenvalue weighted by molar-refractivity contribution is 0.642. The summed E-state index contributed by atoms with van der Waals surface area (Å²) in [6.07, 6.45) is 2.78. The molecule has 3 nitrogen and oxygen atoms in total. The molecule has 19 heavy (non-hydrogen) atoms. The second-order valence-corrected chi connectivity index (χ2v) is 6.30. The van der Waals surface area contributed by atoms with E-state index in [1.54, 1.807) is 16.8 Å². The number of nitrogen functional groups attached to an aromatic ring is 1. The molecule has 2 aromatic rings. The number of nitrogens with zero attached hydrogens (tertiary/aromatic N) is 1. The molecule has 0 saturated carbocycles. The van der Waals surface area contributed by atoms with E-state index in [9.17, 15) is 4.79 Å². The number of fused-ring (bicyclic) bond motifs is 1. The lowest BCUT2D eigenvalue weighted by atomic mass is 10.1. The lowest BCUT2D eigenvalue weighted by Crippen LogP contribution is -2.25. The molecule has 0 saturated heterocycles. The molecule has 4 heteroatoms. The van der Waals surface area contributed by atoms with E-state index in [1.165, 1.54) is 10.5 Å². The van der Waals surface area contributed by atoms with Crippen molar-refractivity contribution in [1.82, 2.24) is 4.57 Å². The van der Waals surface area contributed by atoms with E-state index in [-0.39, 0.29) is 5.56 Å². The molecule has 1 atom stereocenters. The first-order valence-corrected chi connectivity index (χ1v) is 7.22. The molecule has 0 fully saturated rings. The Balaban J connectivity index is 1.81. The molecule has 1 aliphatic heterocycles. The summed E-state index contributed by atoms with van der Waals surface area (Å²) in [4.78, 5) is 13.3. The summed E-state index contributed by atoms with van der Waals surface area (Å²) in [6.45, 7) is 2.57. The van der Waals surface area contributed by atoms with Crippen molar-refractivity contribution in [1.29, 1.82) is 0 Å². The van der Waals surface area contributed by atoms with Crippen LogP contribution in [0.4, 0.5) is 5.69 Å². The molecule has 0 spiro atoms. The number of aryl methyl sites for hydroxylation is 1. The molecule has 1 aromatic carbocycles. The van der Waals surface area contributed by atoms with Gasteiger partial charge in [0.25, 0.3) is 5.56 Å². The Morgan fingerprint density at radius 1 is 1.42 bits per heavy atom. The predicted octanol–water partition coefficient (Wildman–Crippen LogP) is 2.46. The molecule has 2 heterocycles. The third-order valence-corrected chi connectivity index (χ3v) is 4.79. The maximum Gasteiger partial charge on any atom is 0.250 e. The number of thioether (sulfide) groups is 1. The zero-order valence-corrected chi connectivity index (χ0v) is 11.6. The molecule has 1 aromatic heterocycles. The summed E-state index contributed by atoms with van der Waals surface area (Å²) in [5.74, 6) is 0. The lowest BCUT2D eigenvalue weighted by Gasteiger charge is -2.12. The maximum absolute atomic E-state index is 12.0. The van der Waals surface area contributed by atoms with Crippen molar-refractivity contribution in [3.8, 4) is 0 Å². The van der Waals surface area contributed by atoms with E-state index >= 15 is 0 Å². The smallest absolute Gasteiger partial charge is 0.250 e. The summed E-state index contributed by atoms with van der Waals surface area (Å²) < 4.78 is 1.73. The molecule has 98 valence electrons. The third-order valence-electron chi connectivity index (χ3n) is 3.49. The zero-order chi connectivity index (χ0) is 13.4. The van der Waals surface area contributed by atoms with Gasteiger partial charge in [-0.05, 0) is 30.5 Å². The molecule has 1 unspecified atom stereocenters. The SMILES string of the molecule is Cc1cc(=O)n(CC2Cc3ccccc3S2)cc1N. The van der Waals surface area contributed by atoms with Gasteiger partial charge in [0.2, 0.25) is 0 Å². The summed E-state index contributed by atoms with van der Waals surface area (Å²) in [5, 5.41) is 0.414. The summed E-state index contributed by atoms with van der Waals surface area (Å²) in [5.41, 5.74) is 8.82. The average Bonchev–Trinajstić information content (AvgIpc) is 2.78. The molecule has 1 aliphatic rings. The number of pyridine rings is 1. The van der Waals surface area contributed by atoms with Crippen LogP contribution in [0, 0.1) is 6.92 Å². The van der Waals surface area contributed by atoms with Gasteiger partial charge in [0.05, 0.1) is 5.69 Å². The van der Waals surface area contributed by atoms with Gasteiger partial charge in [0.1, 0.15) is 0 Å². The van der Waals surface area contributed by atoms with E-state index in [0.717, 1.165) is 12.0 Å². The Kier molecular flexibility index (Phi) is 3.11. The highest BCUT2D eigenvalue weighted by molar-refractivity contribution is 8.00. The minimum Gasteiger partial charge on any atom is -0.397 e. The normalized spacial score (nSPS) is 17.4. The van der Waals surface area contributed by atoms with Crippen LogP contribution in [0.1, 0.15) is 11.1 Å². The van der Waals surface area contributed by atoms with Crippen molar-refractivity contribution >= 4 is 17.4 Å². The molecule has 0 amide bonds. The van der Waals surface area contributed by atoms with Gasteiger partial charge < -0.3 is 10.3 Å². The fraction of sp³-hybridized carbons (Fsp3) is 0.267. The summed E-state index contributed by atoms with van der Waals surface area (Å²) in [6, 6.07) is 10.0. The van der Waals surface area contributed by atoms with Crippen LogP contribution < -0.4 is 11.3 Å². The van der Waals surface area contributed by atoms with Crippen molar-refractivity contribution in [2.75, 3.05) is 5.73 Å². The maximum atomic E-state index is 12.0. The summed E-state index contributed by atoms with van der Waals surface area (Å²) >= 11 is 1.85. The van der Waals surface area contributed by atoms with Crippen LogP contribution in [0.5, 0.6) is 0 Å².